The zero-order chi connectivity index (χ0) is 18.9. The highest BCUT2D eigenvalue weighted by Crippen LogP contribution is 2.42. The second-order valence-corrected chi connectivity index (χ2v) is 6.28. The molecule has 0 aliphatic heterocycles. The molecule has 1 aromatic heterocycles. The number of nitro benzene ring substituents is 1. The molecule has 0 saturated carbocycles. The van der Waals surface area contributed by atoms with Gasteiger partial charge in [0.2, 0.25) is 5.16 Å². The van der Waals surface area contributed by atoms with Crippen molar-refractivity contribution in [1.29, 1.82) is 0 Å². The number of alkyl halides is 3. The first kappa shape index (κ1) is 18.1. The number of rotatable bonds is 4. The van der Waals surface area contributed by atoms with Crippen LogP contribution in [0, 0.1) is 10.1 Å². The molecule has 0 amide bonds. The van der Waals surface area contributed by atoms with E-state index in [-0.39, 0.29) is 10.1 Å². The van der Waals surface area contributed by atoms with Crippen LogP contribution in [-0.4, -0.2) is 25.1 Å². The van der Waals surface area contributed by atoms with Gasteiger partial charge in [0, 0.05) is 6.07 Å². The quantitative estimate of drug-likeness (QED) is 0.476. The fourth-order valence-corrected chi connectivity index (χ4v) is 3.31. The van der Waals surface area contributed by atoms with E-state index in [2.05, 4.69) is 15.5 Å². The van der Waals surface area contributed by atoms with E-state index in [1.807, 2.05) is 0 Å². The van der Waals surface area contributed by atoms with E-state index >= 15 is 0 Å². The van der Waals surface area contributed by atoms with Crippen LogP contribution >= 0.6 is 23.4 Å². The van der Waals surface area contributed by atoms with Crippen molar-refractivity contribution >= 4 is 29.1 Å². The first-order valence-corrected chi connectivity index (χ1v) is 8.03. The number of hydrogen-bond acceptors (Lipinski definition) is 6. The molecule has 0 spiro atoms. The lowest BCUT2D eigenvalue weighted by Gasteiger charge is -2.11. The average molecular weight is 402 g/mol. The minimum Gasteiger partial charge on any atom is -0.258 e. The molecular weight excluding hydrogens is 395 g/mol. The summed E-state index contributed by atoms with van der Waals surface area (Å²) in [5.74, 6) is 0. The molecule has 0 bridgehead atoms. The number of halogens is 4. The molecule has 2 aromatic carbocycles. The summed E-state index contributed by atoms with van der Waals surface area (Å²) in [5.41, 5.74) is -1.44. The maximum Gasteiger partial charge on any atom is 0.418 e. The van der Waals surface area contributed by atoms with E-state index in [1.165, 1.54) is 4.68 Å². The number of para-hydroxylation sites is 1. The molecule has 26 heavy (non-hydrogen) atoms. The van der Waals surface area contributed by atoms with Crippen LogP contribution < -0.4 is 0 Å². The summed E-state index contributed by atoms with van der Waals surface area (Å²) in [4.78, 5) is 10.2. The van der Waals surface area contributed by atoms with Crippen molar-refractivity contribution in [2.24, 2.45) is 0 Å². The molecule has 0 aliphatic rings. The Morgan fingerprint density at radius 2 is 1.88 bits per heavy atom. The van der Waals surface area contributed by atoms with E-state index in [4.69, 9.17) is 11.6 Å². The monoisotopic (exact) mass is 401 g/mol. The van der Waals surface area contributed by atoms with Crippen molar-refractivity contribution in [1.82, 2.24) is 20.2 Å². The molecule has 0 saturated heterocycles. The largest absolute Gasteiger partial charge is 0.418 e. The molecule has 3 rings (SSSR count). The lowest BCUT2D eigenvalue weighted by atomic mass is 10.2. The lowest BCUT2D eigenvalue weighted by Crippen LogP contribution is -2.07. The molecule has 0 N–H and O–H groups in total. The predicted octanol–water partition coefficient (Wildman–Crippen LogP) is 4.39. The Morgan fingerprint density at radius 1 is 1.19 bits per heavy atom. The summed E-state index contributed by atoms with van der Waals surface area (Å²) >= 11 is 6.41. The van der Waals surface area contributed by atoms with E-state index < -0.39 is 27.4 Å². The highest BCUT2D eigenvalue weighted by Gasteiger charge is 2.36. The molecule has 12 heteroatoms. The smallest absolute Gasteiger partial charge is 0.258 e. The van der Waals surface area contributed by atoms with Crippen LogP contribution in [0.4, 0.5) is 18.9 Å². The van der Waals surface area contributed by atoms with E-state index in [1.54, 1.807) is 30.3 Å². The van der Waals surface area contributed by atoms with Gasteiger partial charge < -0.3 is 0 Å². The van der Waals surface area contributed by atoms with Crippen LogP contribution in [0.25, 0.3) is 5.69 Å². The third-order valence-corrected chi connectivity index (χ3v) is 4.49. The molecule has 0 radical (unpaired) electrons. The molecule has 0 unspecified atom stereocenters. The van der Waals surface area contributed by atoms with Gasteiger partial charge in [0.15, 0.2) is 0 Å². The number of tetrazole rings is 1. The Morgan fingerprint density at radius 3 is 2.50 bits per heavy atom. The number of aromatic nitrogens is 4. The van der Waals surface area contributed by atoms with Crippen molar-refractivity contribution in [3.8, 4) is 5.69 Å². The second-order valence-electron chi connectivity index (χ2n) is 4.87. The molecule has 0 fully saturated rings. The summed E-state index contributed by atoms with van der Waals surface area (Å²) in [5, 5.41) is 21.8. The van der Waals surface area contributed by atoms with Gasteiger partial charge in [-0.2, -0.15) is 17.9 Å². The Labute approximate surface area is 152 Å². The molecule has 0 atom stereocenters. The maximum absolute atomic E-state index is 12.9. The van der Waals surface area contributed by atoms with Gasteiger partial charge in [0.1, 0.15) is 0 Å². The Balaban J connectivity index is 2.05. The Kier molecular flexibility index (Phi) is 4.83. The summed E-state index contributed by atoms with van der Waals surface area (Å²) in [6.07, 6.45) is -4.81. The summed E-state index contributed by atoms with van der Waals surface area (Å²) in [6, 6.07) is 9.95. The fraction of sp³-hybridized carbons (Fsp3) is 0.0714. The SMILES string of the molecule is O=[N+]([O-])c1cc(C(F)(F)F)c(Cl)cc1Sc1nnnn1-c1ccccc1. The van der Waals surface area contributed by atoms with Crippen molar-refractivity contribution < 1.29 is 18.1 Å². The molecule has 1 heterocycles. The first-order valence-electron chi connectivity index (χ1n) is 6.84. The van der Waals surface area contributed by atoms with E-state index in [0.29, 0.717) is 11.8 Å². The highest BCUT2D eigenvalue weighted by molar-refractivity contribution is 7.99. The molecule has 3 aromatic rings. The Bertz CT molecular complexity index is 965. The molecule has 0 aliphatic carbocycles. The van der Waals surface area contributed by atoms with Crippen molar-refractivity contribution in [2.75, 3.05) is 0 Å². The summed E-state index contributed by atoms with van der Waals surface area (Å²) in [6.45, 7) is 0. The number of hydrogen-bond donors (Lipinski definition) is 0. The van der Waals surface area contributed by atoms with E-state index in [0.717, 1.165) is 17.8 Å². The zero-order valence-corrected chi connectivity index (χ0v) is 14.1. The van der Waals surface area contributed by atoms with Gasteiger partial charge in [-0.15, -0.1) is 5.10 Å². The zero-order valence-electron chi connectivity index (χ0n) is 12.5. The summed E-state index contributed by atoms with van der Waals surface area (Å²) < 4.78 is 40.1. The van der Waals surface area contributed by atoms with E-state index in [9.17, 15) is 23.3 Å². The van der Waals surface area contributed by atoms with Crippen LogP contribution in [0.15, 0.2) is 52.5 Å². The topological polar surface area (TPSA) is 86.7 Å². The standard InChI is InChI=1S/C14H7ClF3N5O2S/c15-10-7-12(11(23(24)25)6-9(10)14(16,17)18)26-13-19-20-21-22(13)8-4-2-1-3-5-8/h1-7H. The van der Waals surface area contributed by atoms with Crippen LogP contribution in [-0.2, 0) is 6.18 Å². The van der Waals surface area contributed by atoms with Crippen LogP contribution in [0.2, 0.25) is 5.02 Å². The van der Waals surface area contributed by atoms with Gasteiger partial charge >= 0.3 is 6.18 Å². The molecule has 7 nitrogen and oxygen atoms in total. The van der Waals surface area contributed by atoms with Crippen LogP contribution in [0.3, 0.4) is 0 Å². The second kappa shape index (κ2) is 6.92. The maximum atomic E-state index is 12.9. The third kappa shape index (κ3) is 3.63. The lowest BCUT2D eigenvalue weighted by molar-refractivity contribution is -0.388. The molecule has 134 valence electrons. The fourth-order valence-electron chi connectivity index (χ4n) is 2.06. The van der Waals surface area contributed by atoms with Gasteiger partial charge in [-0.25, -0.2) is 0 Å². The third-order valence-electron chi connectivity index (χ3n) is 3.19. The van der Waals surface area contributed by atoms with Crippen molar-refractivity contribution in [2.45, 2.75) is 16.2 Å². The number of nitrogens with zero attached hydrogens (tertiary/aromatic N) is 5. The van der Waals surface area contributed by atoms with Gasteiger partial charge in [0.05, 0.1) is 26.1 Å². The van der Waals surface area contributed by atoms with Crippen molar-refractivity contribution in [3.63, 3.8) is 0 Å². The van der Waals surface area contributed by atoms with Crippen LogP contribution in [0.1, 0.15) is 5.56 Å². The average Bonchev–Trinajstić information content (AvgIpc) is 3.02. The minimum atomic E-state index is -4.81. The number of benzene rings is 2. The van der Waals surface area contributed by atoms with Crippen LogP contribution in [0.5, 0.6) is 0 Å². The van der Waals surface area contributed by atoms with Crippen molar-refractivity contribution in [3.05, 3.63) is 63.2 Å². The van der Waals surface area contributed by atoms with Gasteiger partial charge in [-0.05, 0) is 40.4 Å². The van der Waals surface area contributed by atoms with Gasteiger partial charge in [-0.1, -0.05) is 29.8 Å². The normalized spacial score (nSPS) is 11.5. The molecular formula is C14H7ClF3N5O2S. The van der Waals surface area contributed by atoms with Gasteiger partial charge in [-0.3, -0.25) is 10.1 Å². The predicted molar refractivity (Wildman–Crippen MR) is 86.4 cm³/mol. The minimum absolute atomic E-state index is 0.111. The summed E-state index contributed by atoms with van der Waals surface area (Å²) in [7, 11) is 0. The van der Waals surface area contributed by atoms with Gasteiger partial charge in [0.25, 0.3) is 5.69 Å². The number of nitro groups is 1. The Hall–Kier alpha value is -2.66. The first-order chi connectivity index (χ1) is 12.3. The highest BCUT2D eigenvalue weighted by atomic mass is 35.5.